The summed E-state index contributed by atoms with van der Waals surface area (Å²) in [6, 6.07) is 13.8. The summed E-state index contributed by atoms with van der Waals surface area (Å²) in [4.78, 5) is 11.2. The first kappa shape index (κ1) is 14.4. The molecule has 0 aromatic heterocycles. The van der Waals surface area contributed by atoms with Crippen molar-refractivity contribution in [2.75, 3.05) is 0 Å². The monoisotopic (exact) mass is 308 g/mol. The molecule has 0 aliphatic heterocycles. The first-order valence-corrected chi connectivity index (χ1v) is 6.45. The van der Waals surface area contributed by atoms with Gasteiger partial charge in [-0.15, -0.1) is 0 Å². The summed E-state index contributed by atoms with van der Waals surface area (Å²) in [6.07, 6.45) is 1.42. The Balaban J connectivity index is 2.34. The molecule has 0 saturated heterocycles. The van der Waals surface area contributed by atoms with Crippen molar-refractivity contribution < 1.29 is 14.6 Å². The summed E-state index contributed by atoms with van der Waals surface area (Å²) < 4.78 is 5.34. The lowest BCUT2D eigenvalue weighted by molar-refractivity contribution is -0.134. The predicted molar refractivity (Wildman–Crippen MR) is 79.1 cm³/mol. The molecule has 20 heavy (non-hydrogen) atoms. The maximum absolute atomic E-state index is 11.2. The number of ether oxygens (including phenoxy) is 1. The molecule has 0 aliphatic rings. The number of carboxylic acid groups (broad SMARTS) is 1. The van der Waals surface area contributed by atoms with Crippen molar-refractivity contribution >= 4 is 35.2 Å². The predicted octanol–water partition coefficient (Wildman–Crippen LogP) is 4.50. The summed E-state index contributed by atoms with van der Waals surface area (Å²) in [5, 5.41) is 9.66. The maximum Gasteiger partial charge on any atom is 0.371 e. The van der Waals surface area contributed by atoms with Gasteiger partial charge in [0.1, 0.15) is 10.8 Å². The largest absolute Gasteiger partial charge is 0.475 e. The van der Waals surface area contributed by atoms with Gasteiger partial charge < -0.3 is 9.84 Å². The smallest absolute Gasteiger partial charge is 0.371 e. The van der Waals surface area contributed by atoms with Gasteiger partial charge in [-0.1, -0.05) is 59.6 Å². The molecule has 5 heteroatoms. The van der Waals surface area contributed by atoms with Crippen molar-refractivity contribution in [2.24, 2.45) is 0 Å². The Morgan fingerprint density at radius 3 is 2.40 bits per heavy atom. The number of carboxylic acids is 1. The quantitative estimate of drug-likeness (QED) is 0.668. The third kappa shape index (κ3) is 3.53. The van der Waals surface area contributed by atoms with E-state index in [2.05, 4.69) is 0 Å². The topological polar surface area (TPSA) is 46.5 Å². The van der Waals surface area contributed by atoms with Crippen molar-refractivity contribution in [3.63, 3.8) is 0 Å². The number of hydrogen-bond donors (Lipinski definition) is 1. The highest BCUT2D eigenvalue weighted by molar-refractivity contribution is 6.42. The van der Waals surface area contributed by atoms with Crippen LogP contribution in [-0.4, -0.2) is 11.1 Å². The first-order chi connectivity index (χ1) is 9.58. The van der Waals surface area contributed by atoms with Crippen LogP contribution in [0.25, 0.3) is 6.08 Å². The second-order valence-corrected chi connectivity index (χ2v) is 4.66. The van der Waals surface area contributed by atoms with Crippen LogP contribution in [0.3, 0.4) is 0 Å². The minimum atomic E-state index is -1.19. The van der Waals surface area contributed by atoms with Crippen LogP contribution < -0.4 is 4.74 Å². The number of aliphatic carboxylic acids is 1. The Bertz CT molecular complexity index is 651. The molecule has 2 rings (SSSR count). The van der Waals surface area contributed by atoms with Crippen molar-refractivity contribution in [2.45, 2.75) is 0 Å². The van der Waals surface area contributed by atoms with E-state index in [0.29, 0.717) is 10.6 Å². The van der Waals surface area contributed by atoms with Gasteiger partial charge in [-0.05, 0) is 23.8 Å². The number of hydrogen-bond acceptors (Lipinski definition) is 2. The summed E-state index contributed by atoms with van der Waals surface area (Å²) in [5.41, 5.74) is 0.711. The fraction of sp³-hybridized carbons (Fsp3) is 0. The summed E-state index contributed by atoms with van der Waals surface area (Å²) >= 11 is 11.8. The number of rotatable bonds is 4. The Kier molecular flexibility index (Phi) is 4.66. The zero-order chi connectivity index (χ0) is 14.5. The number of benzene rings is 2. The molecular weight excluding hydrogens is 299 g/mol. The zero-order valence-electron chi connectivity index (χ0n) is 10.2. The van der Waals surface area contributed by atoms with Gasteiger partial charge in [0.15, 0.2) is 0 Å². The SMILES string of the molecule is O=C(O)/C(=C\c1ccccc1)Oc1cccc(Cl)c1Cl. The van der Waals surface area contributed by atoms with Gasteiger partial charge in [-0.25, -0.2) is 4.79 Å². The highest BCUT2D eigenvalue weighted by atomic mass is 35.5. The van der Waals surface area contributed by atoms with E-state index in [9.17, 15) is 9.90 Å². The summed E-state index contributed by atoms with van der Waals surface area (Å²) in [6.45, 7) is 0. The molecule has 0 radical (unpaired) electrons. The van der Waals surface area contributed by atoms with E-state index in [4.69, 9.17) is 27.9 Å². The standard InChI is InChI=1S/C15H10Cl2O3/c16-11-7-4-8-12(14(11)17)20-13(15(18)19)9-10-5-2-1-3-6-10/h1-9H,(H,18,19)/b13-9+. The lowest BCUT2D eigenvalue weighted by Gasteiger charge is -2.09. The van der Waals surface area contributed by atoms with Crippen molar-refractivity contribution in [1.82, 2.24) is 0 Å². The van der Waals surface area contributed by atoms with Gasteiger partial charge in [-0.3, -0.25) is 0 Å². The molecule has 0 amide bonds. The van der Waals surface area contributed by atoms with Gasteiger partial charge in [0.25, 0.3) is 0 Å². The van der Waals surface area contributed by atoms with Crippen molar-refractivity contribution in [1.29, 1.82) is 0 Å². The van der Waals surface area contributed by atoms with Crippen LogP contribution in [0, 0.1) is 0 Å². The molecule has 0 heterocycles. The Hall–Kier alpha value is -1.97. The Morgan fingerprint density at radius 1 is 1.05 bits per heavy atom. The minimum absolute atomic E-state index is 0.175. The van der Waals surface area contributed by atoms with Crippen LogP contribution in [0.2, 0.25) is 10.0 Å². The van der Waals surface area contributed by atoms with E-state index in [1.807, 2.05) is 6.07 Å². The van der Waals surface area contributed by atoms with Gasteiger partial charge in [-0.2, -0.15) is 0 Å². The van der Waals surface area contributed by atoms with Crippen LogP contribution in [0.15, 0.2) is 54.3 Å². The van der Waals surface area contributed by atoms with E-state index < -0.39 is 5.97 Å². The molecule has 0 saturated carbocycles. The molecule has 0 bridgehead atoms. The van der Waals surface area contributed by atoms with Crippen LogP contribution in [-0.2, 0) is 4.79 Å². The summed E-state index contributed by atoms with van der Waals surface area (Å²) in [7, 11) is 0. The van der Waals surface area contributed by atoms with E-state index >= 15 is 0 Å². The van der Waals surface area contributed by atoms with Crippen molar-refractivity contribution in [3.8, 4) is 5.75 Å². The van der Waals surface area contributed by atoms with Crippen LogP contribution in [0.4, 0.5) is 0 Å². The molecule has 0 fully saturated rings. The third-order valence-electron chi connectivity index (χ3n) is 2.44. The molecule has 102 valence electrons. The van der Waals surface area contributed by atoms with Crippen LogP contribution in [0.1, 0.15) is 5.56 Å². The number of carbonyl (C=O) groups is 1. The molecule has 2 aromatic rings. The second-order valence-electron chi connectivity index (χ2n) is 3.88. The molecule has 0 unspecified atom stereocenters. The van der Waals surface area contributed by atoms with Crippen LogP contribution >= 0.6 is 23.2 Å². The third-order valence-corrected chi connectivity index (χ3v) is 3.25. The Labute approximate surface area is 126 Å². The molecule has 0 atom stereocenters. The summed E-state index contributed by atoms with van der Waals surface area (Å²) in [5.74, 6) is -1.23. The van der Waals surface area contributed by atoms with E-state index in [1.165, 1.54) is 6.08 Å². The molecular formula is C15H10Cl2O3. The fourth-order valence-corrected chi connectivity index (χ4v) is 1.85. The average molecular weight is 309 g/mol. The van der Waals surface area contributed by atoms with E-state index in [1.54, 1.807) is 42.5 Å². The van der Waals surface area contributed by atoms with E-state index in [0.717, 1.165) is 0 Å². The molecule has 3 nitrogen and oxygen atoms in total. The first-order valence-electron chi connectivity index (χ1n) is 5.70. The molecule has 0 spiro atoms. The van der Waals surface area contributed by atoms with E-state index in [-0.39, 0.29) is 16.5 Å². The molecule has 1 N–H and O–H groups in total. The maximum atomic E-state index is 11.2. The molecule has 0 aliphatic carbocycles. The van der Waals surface area contributed by atoms with Gasteiger partial charge >= 0.3 is 5.97 Å². The lowest BCUT2D eigenvalue weighted by atomic mass is 10.2. The lowest BCUT2D eigenvalue weighted by Crippen LogP contribution is -2.07. The van der Waals surface area contributed by atoms with Gasteiger partial charge in [0.05, 0.1) is 5.02 Å². The second kappa shape index (κ2) is 6.46. The fourth-order valence-electron chi connectivity index (χ4n) is 1.52. The van der Waals surface area contributed by atoms with Gasteiger partial charge in [0.2, 0.25) is 5.76 Å². The normalized spacial score (nSPS) is 11.2. The van der Waals surface area contributed by atoms with Crippen molar-refractivity contribution in [3.05, 3.63) is 69.9 Å². The number of halogens is 2. The average Bonchev–Trinajstić information content (AvgIpc) is 2.44. The Morgan fingerprint density at radius 2 is 1.75 bits per heavy atom. The minimum Gasteiger partial charge on any atom is -0.475 e. The van der Waals surface area contributed by atoms with Crippen LogP contribution in [0.5, 0.6) is 5.75 Å². The highest BCUT2D eigenvalue weighted by Crippen LogP contribution is 2.32. The zero-order valence-corrected chi connectivity index (χ0v) is 11.7. The van der Waals surface area contributed by atoms with Gasteiger partial charge in [0, 0.05) is 0 Å². The highest BCUT2D eigenvalue weighted by Gasteiger charge is 2.13. The molecule has 2 aromatic carbocycles.